The summed E-state index contributed by atoms with van der Waals surface area (Å²) in [6, 6.07) is 10.4. The normalized spacial score (nSPS) is 10.9. The lowest BCUT2D eigenvalue weighted by Crippen LogP contribution is -2.14. The number of nitrogens with one attached hydrogen (secondary N) is 1. The Labute approximate surface area is 86.8 Å². The van der Waals surface area contributed by atoms with Crippen LogP contribution in [0.2, 0.25) is 0 Å². The van der Waals surface area contributed by atoms with Gasteiger partial charge in [-0.3, -0.25) is 0 Å². The number of hydrogen-bond donors (Lipinski definition) is 1. The molecule has 14 heavy (non-hydrogen) atoms. The van der Waals surface area contributed by atoms with E-state index in [1.54, 1.807) is 0 Å². The van der Waals surface area contributed by atoms with Crippen molar-refractivity contribution >= 4 is 6.08 Å². The third kappa shape index (κ3) is 4.83. The average Bonchev–Trinajstić information content (AvgIpc) is 2.25. The number of unbranched alkanes of at least 4 members (excludes halogenated alkanes) is 1. The van der Waals surface area contributed by atoms with Crippen LogP contribution in [0, 0.1) is 0 Å². The van der Waals surface area contributed by atoms with E-state index < -0.39 is 0 Å². The van der Waals surface area contributed by atoms with Gasteiger partial charge in [0.1, 0.15) is 0 Å². The number of benzene rings is 1. The van der Waals surface area contributed by atoms with E-state index in [0.717, 1.165) is 13.1 Å². The van der Waals surface area contributed by atoms with Crippen LogP contribution in [0.25, 0.3) is 6.08 Å². The first-order valence-corrected chi connectivity index (χ1v) is 5.36. The zero-order valence-corrected chi connectivity index (χ0v) is 8.87. The molecule has 0 saturated heterocycles. The first-order valence-electron chi connectivity index (χ1n) is 5.36. The van der Waals surface area contributed by atoms with Crippen LogP contribution in [0.15, 0.2) is 36.4 Å². The highest BCUT2D eigenvalue weighted by atomic mass is 14.8. The minimum Gasteiger partial charge on any atom is -0.313 e. The van der Waals surface area contributed by atoms with Gasteiger partial charge in [0.15, 0.2) is 0 Å². The lowest BCUT2D eigenvalue weighted by Gasteiger charge is -1.98. The van der Waals surface area contributed by atoms with Gasteiger partial charge in [-0.05, 0) is 18.5 Å². The van der Waals surface area contributed by atoms with Crippen molar-refractivity contribution < 1.29 is 0 Å². The molecular formula is C13H19N. The summed E-state index contributed by atoms with van der Waals surface area (Å²) in [5, 5.41) is 3.37. The molecular weight excluding hydrogens is 170 g/mol. The third-order valence-corrected chi connectivity index (χ3v) is 2.08. The van der Waals surface area contributed by atoms with Crippen molar-refractivity contribution in [2.24, 2.45) is 0 Å². The molecule has 0 aromatic heterocycles. The van der Waals surface area contributed by atoms with Gasteiger partial charge in [0, 0.05) is 6.54 Å². The molecule has 1 aromatic carbocycles. The maximum atomic E-state index is 3.37. The molecule has 0 unspecified atom stereocenters. The van der Waals surface area contributed by atoms with Crippen LogP contribution in [0.5, 0.6) is 0 Å². The average molecular weight is 189 g/mol. The molecule has 0 aliphatic carbocycles. The van der Waals surface area contributed by atoms with Crippen molar-refractivity contribution in [3.05, 3.63) is 42.0 Å². The molecule has 0 spiro atoms. The van der Waals surface area contributed by atoms with Crippen LogP contribution in [0.3, 0.4) is 0 Å². The highest BCUT2D eigenvalue weighted by molar-refractivity contribution is 5.48. The number of hydrogen-bond acceptors (Lipinski definition) is 1. The Bertz CT molecular complexity index is 251. The fourth-order valence-corrected chi connectivity index (χ4v) is 1.25. The summed E-state index contributed by atoms with van der Waals surface area (Å²) in [7, 11) is 0. The van der Waals surface area contributed by atoms with E-state index in [2.05, 4.69) is 48.7 Å². The molecule has 1 N–H and O–H groups in total. The second kappa shape index (κ2) is 7.34. The van der Waals surface area contributed by atoms with Crippen molar-refractivity contribution in [3.8, 4) is 0 Å². The standard InChI is InChI=1S/C13H19N/c1-2-3-11-14-12-7-10-13-8-5-4-6-9-13/h4-10,14H,2-3,11-12H2,1H3/b10-7-. The summed E-state index contributed by atoms with van der Waals surface area (Å²) in [6.45, 7) is 4.30. The van der Waals surface area contributed by atoms with Gasteiger partial charge in [-0.15, -0.1) is 0 Å². The maximum Gasteiger partial charge on any atom is 0.0138 e. The zero-order chi connectivity index (χ0) is 10.1. The maximum absolute atomic E-state index is 3.37. The highest BCUT2D eigenvalue weighted by Crippen LogP contribution is 1.99. The Morgan fingerprint density at radius 1 is 1.21 bits per heavy atom. The van der Waals surface area contributed by atoms with Gasteiger partial charge < -0.3 is 5.32 Å². The van der Waals surface area contributed by atoms with Gasteiger partial charge in [0.25, 0.3) is 0 Å². The van der Waals surface area contributed by atoms with Crippen molar-refractivity contribution in [3.63, 3.8) is 0 Å². The Morgan fingerprint density at radius 2 is 2.00 bits per heavy atom. The van der Waals surface area contributed by atoms with Crippen molar-refractivity contribution in [1.82, 2.24) is 5.32 Å². The first-order chi connectivity index (χ1) is 6.93. The SMILES string of the molecule is CCCCNC/C=C\c1ccccc1. The molecule has 0 fully saturated rings. The van der Waals surface area contributed by atoms with Gasteiger partial charge in [0.2, 0.25) is 0 Å². The van der Waals surface area contributed by atoms with E-state index in [-0.39, 0.29) is 0 Å². The van der Waals surface area contributed by atoms with Gasteiger partial charge in [-0.1, -0.05) is 55.8 Å². The summed E-state index contributed by atoms with van der Waals surface area (Å²) in [5.74, 6) is 0. The van der Waals surface area contributed by atoms with Crippen LogP contribution in [0.1, 0.15) is 25.3 Å². The van der Waals surface area contributed by atoms with Crippen LogP contribution in [-0.4, -0.2) is 13.1 Å². The molecule has 1 nitrogen and oxygen atoms in total. The van der Waals surface area contributed by atoms with Gasteiger partial charge in [-0.2, -0.15) is 0 Å². The van der Waals surface area contributed by atoms with Crippen LogP contribution in [-0.2, 0) is 0 Å². The Morgan fingerprint density at radius 3 is 2.71 bits per heavy atom. The fraction of sp³-hybridized carbons (Fsp3) is 0.385. The highest BCUT2D eigenvalue weighted by Gasteiger charge is 1.83. The largest absolute Gasteiger partial charge is 0.313 e. The minimum absolute atomic E-state index is 0.967. The predicted molar refractivity (Wildman–Crippen MR) is 63.3 cm³/mol. The molecule has 0 amide bonds. The molecule has 1 rings (SSSR count). The van der Waals surface area contributed by atoms with Crippen molar-refractivity contribution in [1.29, 1.82) is 0 Å². The summed E-state index contributed by atoms with van der Waals surface area (Å²) >= 11 is 0. The lowest BCUT2D eigenvalue weighted by molar-refractivity contribution is 0.682. The molecule has 76 valence electrons. The summed E-state index contributed by atoms with van der Waals surface area (Å²) in [5.41, 5.74) is 1.27. The summed E-state index contributed by atoms with van der Waals surface area (Å²) in [6.07, 6.45) is 6.85. The van der Waals surface area contributed by atoms with E-state index >= 15 is 0 Å². The van der Waals surface area contributed by atoms with E-state index in [4.69, 9.17) is 0 Å². The van der Waals surface area contributed by atoms with E-state index in [0.29, 0.717) is 0 Å². The summed E-state index contributed by atoms with van der Waals surface area (Å²) in [4.78, 5) is 0. The Balaban J connectivity index is 2.15. The second-order valence-electron chi connectivity index (χ2n) is 3.37. The van der Waals surface area contributed by atoms with E-state index in [1.165, 1.54) is 18.4 Å². The third-order valence-electron chi connectivity index (χ3n) is 2.08. The van der Waals surface area contributed by atoms with Crippen molar-refractivity contribution in [2.45, 2.75) is 19.8 Å². The Hall–Kier alpha value is -1.08. The zero-order valence-electron chi connectivity index (χ0n) is 8.87. The minimum atomic E-state index is 0.967. The Kier molecular flexibility index (Phi) is 5.76. The molecule has 0 radical (unpaired) electrons. The van der Waals surface area contributed by atoms with Crippen LogP contribution < -0.4 is 5.32 Å². The molecule has 0 aliphatic heterocycles. The molecule has 0 saturated carbocycles. The molecule has 0 bridgehead atoms. The summed E-state index contributed by atoms with van der Waals surface area (Å²) < 4.78 is 0. The molecule has 1 aromatic rings. The topological polar surface area (TPSA) is 12.0 Å². The molecule has 0 aliphatic rings. The lowest BCUT2D eigenvalue weighted by atomic mass is 10.2. The van der Waals surface area contributed by atoms with Gasteiger partial charge >= 0.3 is 0 Å². The first kappa shape index (κ1) is 11.0. The van der Waals surface area contributed by atoms with Crippen LogP contribution in [0.4, 0.5) is 0 Å². The molecule has 0 heterocycles. The number of rotatable bonds is 6. The second-order valence-corrected chi connectivity index (χ2v) is 3.37. The van der Waals surface area contributed by atoms with Crippen LogP contribution >= 0.6 is 0 Å². The van der Waals surface area contributed by atoms with E-state index in [9.17, 15) is 0 Å². The van der Waals surface area contributed by atoms with Gasteiger partial charge in [0.05, 0.1) is 0 Å². The van der Waals surface area contributed by atoms with Crippen molar-refractivity contribution in [2.75, 3.05) is 13.1 Å². The van der Waals surface area contributed by atoms with Gasteiger partial charge in [-0.25, -0.2) is 0 Å². The monoisotopic (exact) mass is 189 g/mol. The molecule has 0 atom stereocenters. The quantitative estimate of drug-likeness (QED) is 0.678. The molecule has 1 heteroatoms. The predicted octanol–water partition coefficient (Wildman–Crippen LogP) is 3.09. The smallest absolute Gasteiger partial charge is 0.0138 e. The van der Waals surface area contributed by atoms with E-state index in [1.807, 2.05) is 6.07 Å². The fourth-order valence-electron chi connectivity index (χ4n) is 1.25.